The molecule has 4 aromatic rings. The first kappa shape index (κ1) is 23.5. The predicted octanol–water partition coefficient (Wildman–Crippen LogP) is 9.18. The van der Waals surface area contributed by atoms with Crippen molar-refractivity contribution >= 4 is 11.4 Å². The number of azo groups is 1. The Morgan fingerprint density at radius 2 is 1.22 bits per heavy atom. The number of anilines is 1. The Bertz CT molecular complexity index is 1380. The van der Waals surface area contributed by atoms with Crippen LogP contribution in [0.25, 0.3) is 16.8 Å². The van der Waals surface area contributed by atoms with E-state index in [9.17, 15) is 0 Å². The van der Waals surface area contributed by atoms with Crippen molar-refractivity contribution in [2.45, 2.75) is 32.4 Å². The molecule has 1 heterocycles. The van der Waals surface area contributed by atoms with Gasteiger partial charge in [-0.25, -0.2) is 0 Å². The van der Waals surface area contributed by atoms with Crippen molar-refractivity contribution in [3.05, 3.63) is 144 Å². The van der Waals surface area contributed by atoms with E-state index in [2.05, 4.69) is 134 Å². The topological polar surface area (TPSA) is 28.0 Å². The molecule has 1 aliphatic rings. The summed E-state index contributed by atoms with van der Waals surface area (Å²) in [6.45, 7) is 6.73. The Morgan fingerprint density at radius 1 is 0.639 bits per heavy atom. The second kappa shape index (κ2) is 10.2. The van der Waals surface area contributed by atoms with Gasteiger partial charge in [-0.1, -0.05) is 118 Å². The second-order valence-electron chi connectivity index (χ2n) is 10.0. The average Bonchev–Trinajstić information content (AvgIpc) is 2.90. The maximum absolute atomic E-state index is 4.77. The Hall–Kier alpha value is -4.24. The van der Waals surface area contributed by atoms with Crippen LogP contribution in [0.3, 0.4) is 0 Å². The van der Waals surface area contributed by atoms with Gasteiger partial charge in [0.15, 0.2) is 6.17 Å². The summed E-state index contributed by atoms with van der Waals surface area (Å²) in [6, 6.07) is 38.4. The average molecular weight is 470 g/mol. The van der Waals surface area contributed by atoms with Crippen LogP contribution in [-0.4, -0.2) is 0 Å². The van der Waals surface area contributed by atoms with Gasteiger partial charge in [0.25, 0.3) is 0 Å². The summed E-state index contributed by atoms with van der Waals surface area (Å²) in [5.41, 5.74) is 8.15. The maximum Gasteiger partial charge on any atom is 0.172 e. The normalized spacial score (nSPS) is 15.8. The highest BCUT2D eigenvalue weighted by molar-refractivity contribution is 5.81. The molecule has 0 bridgehead atoms. The van der Waals surface area contributed by atoms with E-state index in [1.807, 2.05) is 18.2 Å². The molecule has 0 aliphatic carbocycles. The molecule has 0 saturated heterocycles. The fourth-order valence-electron chi connectivity index (χ4n) is 4.48. The fraction of sp³-hybridized carbons (Fsp3) is 0.152. The third-order valence-corrected chi connectivity index (χ3v) is 6.48. The monoisotopic (exact) mass is 469 g/mol. The molecule has 4 aromatic carbocycles. The van der Waals surface area contributed by atoms with Crippen molar-refractivity contribution in [2.24, 2.45) is 10.2 Å². The molecule has 5 rings (SSSR count). The van der Waals surface area contributed by atoms with E-state index < -0.39 is 0 Å². The lowest BCUT2D eigenvalue weighted by Crippen LogP contribution is -2.26. The molecule has 0 amide bonds. The zero-order valence-electron chi connectivity index (χ0n) is 21.0. The van der Waals surface area contributed by atoms with E-state index in [0.29, 0.717) is 0 Å². The molecule has 3 nitrogen and oxygen atoms in total. The summed E-state index contributed by atoms with van der Waals surface area (Å²) in [7, 11) is 0. The van der Waals surface area contributed by atoms with Gasteiger partial charge in [0, 0.05) is 11.9 Å². The van der Waals surface area contributed by atoms with Gasteiger partial charge in [0.2, 0.25) is 0 Å². The number of para-hydroxylation sites is 1. The van der Waals surface area contributed by atoms with Crippen LogP contribution in [0.1, 0.15) is 43.6 Å². The maximum atomic E-state index is 4.77. The summed E-state index contributed by atoms with van der Waals surface area (Å²) in [6.07, 6.45) is 5.54. The van der Waals surface area contributed by atoms with Crippen molar-refractivity contribution in [1.82, 2.24) is 0 Å². The zero-order valence-corrected chi connectivity index (χ0v) is 21.0. The minimum Gasteiger partial charge on any atom is -0.313 e. The summed E-state index contributed by atoms with van der Waals surface area (Å²) >= 11 is 0. The first-order chi connectivity index (χ1) is 17.5. The van der Waals surface area contributed by atoms with Crippen molar-refractivity contribution in [1.29, 1.82) is 0 Å². The summed E-state index contributed by atoms with van der Waals surface area (Å²) in [5.74, 6) is 0. The number of benzene rings is 4. The van der Waals surface area contributed by atoms with Gasteiger partial charge in [-0.15, -0.1) is 0 Å². The molecule has 178 valence electrons. The number of hydrogen-bond donors (Lipinski definition) is 0. The Balaban J connectivity index is 1.59. The molecular weight excluding hydrogens is 438 g/mol. The molecule has 1 aliphatic heterocycles. The molecule has 0 spiro atoms. The van der Waals surface area contributed by atoms with Gasteiger partial charge in [0.1, 0.15) is 0 Å². The molecule has 0 radical (unpaired) electrons. The Labute approximate surface area is 214 Å². The quantitative estimate of drug-likeness (QED) is 0.293. The van der Waals surface area contributed by atoms with E-state index in [1.165, 1.54) is 16.7 Å². The van der Waals surface area contributed by atoms with Gasteiger partial charge in [0.05, 0.1) is 5.70 Å². The van der Waals surface area contributed by atoms with E-state index in [0.717, 1.165) is 22.5 Å². The minimum absolute atomic E-state index is 0.101. The van der Waals surface area contributed by atoms with Crippen LogP contribution in [0.15, 0.2) is 138 Å². The number of hydrogen-bond acceptors (Lipinski definition) is 3. The first-order valence-corrected chi connectivity index (χ1v) is 12.4. The van der Waals surface area contributed by atoms with Crippen molar-refractivity contribution in [3.8, 4) is 11.1 Å². The van der Waals surface area contributed by atoms with Crippen LogP contribution in [-0.2, 0) is 5.41 Å². The number of allylic oxidation sites excluding steroid dienone is 2. The fourth-order valence-corrected chi connectivity index (χ4v) is 4.48. The van der Waals surface area contributed by atoms with Crippen LogP contribution in [0.2, 0.25) is 0 Å². The predicted molar refractivity (Wildman–Crippen MR) is 151 cm³/mol. The van der Waals surface area contributed by atoms with E-state index >= 15 is 0 Å². The molecule has 1 unspecified atom stereocenters. The molecule has 0 aromatic heterocycles. The van der Waals surface area contributed by atoms with Crippen LogP contribution in [0.5, 0.6) is 0 Å². The van der Waals surface area contributed by atoms with Crippen LogP contribution >= 0.6 is 0 Å². The van der Waals surface area contributed by atoms with Gasteiger partial charge in [-0.05, 0) is 57.5 Å². The summed E-state index contributed by atoms with van der Waals surface area (Å²) in [5, 5.41) is 9.15. The van der Waals surface area contributed by atoms with Gasteiger partial charge >= 0.3 is 0 Å². The van der Waals surface area contributed by atoms with Gasteiger partial charge in [-0.3, -0.25) is 0 Å². The molecule has 0 fully saturated rings. The highest BCUT2D eigenvalue weighted by Crippen LogP contribution is 2.38. The summed E-state index contributed by atoms with van der Waals surface area (Å²) in [4.78, 5) is 2.27. The van der Waals surface area contributed by atoms with Crippen molar-refractivity contribution in [3.63, 3.8) is 0 Å². The molecule has 3 heteroatoms. The van der Waals surface area contributed by atoms with E-state index in [-0.39, 0.29) is 11.6 Å². The van der Waals surface area contributed by atoms with E-state index in [4.69, 9.17) is 5.11 Å². The van der Waals surface area contributed by atoms with E-state index in [1.54, 1.807) is 6.20 Å². The van der Waals surface area contributed by atoms with Crippen molar-refractivity contribution < 1.29 is 0 Å². The highest BCUT2D eigenvalue weighted by Gasteiger charge is 2.26. The standard InChI is InChI=1S/C33H31N3/c1-33(2,3)29-22-20-27(21-23-29)31-15-10-24-34-35-32(36(31)30-13-8-5-9-14-30)28-18-16-26(17-19-28)25-11-6-4-7-12-25/h4-24,32H,1-3H3. The van der Waals surface area contributed by atoms with Crippen LogP contribution in [0, 0.1) is 0 Å². The molecule has 36 heavy (non-hydrogen) atoms. The van der Waals surface area contributed by atoms with Gasteiger partial charge in [-0.2, -0.15) is 10.2 Å². The Kier molecular flexibility index (Phi) is 6.64. The van der Waals surface area contributed by atoms with Crippen LogP contribution in [0.4, 0.5) is 5.69 Å². The minimum atomic E-state index is -0.310. The SMILES string of the molecule is CC(C)(C)c1ccc(C2=CC=CN=NC(c3ccc(-c4ccccc4)cc3)N2c2ccccc2)cc1. The second-order valence-corrected chi connectivity index (χ2v) is 10.0. The number of rotatable bonds is 4. The smallest absolute Gasteiger partial charge is 0.172 e. The first-order valence-electron chi connectivity index (χ1n) is 12.4. The Morgan fingerprint density at radius 3 is 1.86 bits per heavy atom. The lowest BCUT2D eigenvalue weighted by atomic mass is 9.86. The third-order valence-electron chi connectivity index (χ3n) is 6.48. The zero-order chi connectivity index (χ0) is 25.0. The largest absolute Gasteiger partial charge is 0.313 e. The molecule has 0 N–H and O–H groups in total. The highest BCUT2D eigenvalue weighted by atomic mass is 15.3. The lowest BCUT2D eigenvalue weighted by molar-refractivity contribution is 0.590. The number of nitrogens with zero attached hydrogens (tertiary/aromatic N) is 3. The lowest BCUT2D eigenvalue weighted by Gasteiger charge is -2.33. The van der Waals surface area contributed by atoms with Crippen molar-refractivity contribution in [2.75, 3.05) is 4.90 Å². The summed E-state index contributed by atoms with van der Waals surface area (Å²) < 4.78 is 0. The molecule has 0 saturated carbocycles. The molecule has 1 atom stereocenters. The third kappa shape index (κ3) is 5.06. The van der Waals surface area contributed by atoms with Gasteiger partial charge < -0.3 is 4.90 Å². The van der Waals surface area contributed by atoms with Crippen LogP contribution < -0.4 is 4.90 Å². The molecular formula is C33H31N3.